The Morgan fingerprint density at radius 3 is 2.56 bits per heavy atom. The first-order valence-electron chi connectivity index (χ1n) is 9.11. The van der Waals surface area contributed by atoms with E-state index in [-0.39, 0.29) is 18.4 Å². The molecule has 0 unspecified atom stereocenters. The van der Waals surface area contributed by atoms with Crippen molar-refractivity contribution in [2.75, 3.05) is 37.8 Å². The van der Waals surface area contributed by atoms with Crippen LogP contribution in [0.5, 0.6) is 5.75 Å². The van der Waals surface area contributed by atoms with E-state index in [1.807, 2.05) is 54.3 Å². The van der Waals surface area contributed by atoms with Crippen molar-refractivity contribution < 1.29 is 19.1 Å². The van der Waals surface area contributed by atoms with E-state index in [4.69, 9.17) is 9.47 Å². The van der Waals surface area contributed by atoms with Gasteiger partial charge in [-0.2, -0.15) is 0 Å². The van der Waals surface area contributed by atoms with E-state index in [2.05, 4.69) is 0 Å². The number of morpholine rings is 1. The number of benzene rings is 2. The lowest BCUT2D eigenvalue weighted by Gasteiger charge is -2.30. The Morgan fingerprint density at radius 1 is 1.07 bits per heavy atom. The number of carbonyl (C=O) groups excluding carboxylic acids is 2. The molecule has 2 aromatic rings. The number of nitrogens with zero attached hydrogens (tertiary/aromatic N) is 2. The molecule has 1 fully saturated rings. The SMILES string of the molecule is Cc1ccc2c(c1)N(Cc1ccc(C(=O)N3CCOCC3)cc1)C(=O)CO2. The van der Waals surface area contributed by atoms with Crippen molar-refractivity contribution in [2.24, 2.45) is 0 Å². The third-order valence-electron chi connectivity index (χ3n) is 4.90. The van der Waals surface area contributed by atoms with E-state index in [0.29, 0.717) is 38.4 Å². The molecule has 0 radical (unpaired) electrons. The molecule has 1 saturated heterocycles. The monoisotopic (exact) mass is 366 g/mol. The summed E-state index contributed by atoms with van der Waals surface area (Å²) in [5, 5.41) is 0. The zero-order chi connectivity index (χ0) is 18.8. The van der Waals surface area contributed by atoms with Gasteiger partial charge in [0.2, 0.25) is 0 Å². The number of fused-ring (bicyclic) bond motifs is 1. The van der Waals surface area contributed by atoms with Gasteiger partial charge in [-0.05, 0) is 42.3 Å². The lowest BCUT2D eigenvalue weighted by molar-refractivity contribution is -0.121. The Bertz CT molecular complexity index is 857. The molecule has 2 heterocycles. The first-order chi connectivity index (χ1) is 13.1. The molecule has 0 aliphatic carbocycles. The minimum atomic E-state index is -0.0680. The molecule has 27 heavy (non-hydrogen) atoms. The van der Waals surface area contributed by atoms with E-state index in [0.717, 1.165) is 22.6 Å². The summed E-state index contributed by atoms with van der Waals surface area (Å²) in [6, 6.07) is 13.3. The van der Waals surface area contributed by atoms with Crippen LogP contribution < -0.4 is 9.64 Å². The second-order valence-electron chi connectivity index (χ2n) is 6.84. The van der Waals surface area contributed by atoms with Crippen LogP contribution in [0.2, 0.25) is 0 Å². The molecule has 4 rings (SSSR count). The minimum Gasteiger partial charge on any atom is -0.482 e. The first kappa shape index (κ1) is 17.5. The summed E-state index contributed by atoms with van der Waals surface area (Å²) in [5.41, 5.74) is 3.49. The van der Waals surface area contributed by atoms with Crippen LogP contribution in [0.1, 0.15) is 21.5 Å². The van der Waals surface area contributed by atoms with Gasteiger partial charge in [-0.3, -0.25) is 9.59 Å². The maximum absolute atomic E-state index is 12.5. The topological polar surface area (TPSA) is 59.1 Å². The van der Waals surface area contributed by atoms with Gasteiger partial charge in [0, 0.05) is 18.7 Å². The Morgan fingerprint density at radius 2 is 1.81 bits per heavy atom. The average Bonchev–Trinajstić information content (AvgIpc) is 2.71. The summed E-state index contributed by atoms with van der Waals surface area (Å²) in [6.07, 6.45) is 0. The van der Waals surface area contributed by atoms with E-state index < -0.39 is 0 Å². The number of carbonyl (C=O) groups is 2. The van der Waals surface area contributed by atoms with Crippen molar-refractivity contribution in [1.29, 1.82) is 0 Å². The quantitative estimate of drug-likeness (QED) is 0.837. The van der Waals surface area contributed by atoms with Gasteiger partial charge in [-0.1, -0.05) is 18.2 Å². The fraction of sp³-hybridized carbons (Fsp3) is 0.333. The van der Waals surface area contributed by atoms with Crippen molar-refractivity contribution >= 4 is 17.5 Å². The molecular weight excluding hydrogens is 344 g/mol. The molecule has 2 aromatic carbocycles. The number of amides is 2. The number of anilines is 1. The summed E-state index contributed by atoms with van der Waals surface area (Å²) in [6.45, 7) is 4.90. The summed E-state index contributed by atoms with van der Waals surface area (Å²) in [5.74, 6) is 0.675. The van der Waals surface area contributed by atoms with E-state index in [1.54, 1.807) is 4.90 Å². The Balaban J connectivity index is 1.51. The summed E-state index contributed by atoms with van der Waals surface area (Å²) in [7, 11) is 0. The van der Waals surface area contributed by atoms with Crippen LogP contribution in [0.4, 0.5) is 5.69 Å². The molecule has 0 bridgehead atoms. The van der Waals surface area contributed by atoms with Gasteiger partial charge in [-0.25, -0.2) is 0 Å². The van der Waals surface area contributed by atoms with Crippen LogP contribution in [-0.4, -0.2) is 49.6 Å². The highest BCUT2D eigenvalue weighted by molar-refractivity contribution is 5.98. The van der Waals surface area contributed by atoms with Crippen LogP contribution in [-0.2, 0) is 16.1 Å². The largest absolute Gasteiger partial charge is 0.482 e. The second kappa shape index (κ2) is 7.40. The van der Waals surface area contributed by atoms with E-state index in [1.165, 1.54) is 0 Å². The zero-order valence-corrected chi connectivity index (χ0v) is 15.3. The maximum Gasteiger partial charge on any atom is 0.265 e. The fourth-order valence-electron chi connectivity index (χ4n) is 3.37. The molecule has 0 aromatic heterocycles. The van der Waals surface area contributed by atoms with Gasteiger partial charge in [0.25, 0.3) is 11.8 Å². The molecule has 0 spiro atoms. The lowest BCUT2D eigenvalue weighted by atomic mass is 10.1. The number of hydrogen-bond donors (Lipinski definition) is 0. The molecule has 6 heteroatoms. The van der Waals surface area contributed by atoms with Crippen LogP contribution >= 0.6 is 0 Å². The van der Waals surface area contributed by atoms with Gasteiger partial charge in [0.1, 0.15) is 5.75 Å². The van der Waals surface area contributed by atoms with Crippen molar-refractivity contribution in [3.05, 3.63) is 59.2 Å². The number of rotatable bonds is 3. The molecule has 6 nitrogen and oxygen atoms in total. The standard InChI is InChI=1S/C21H22N2O4/c1-15-2-7-19-18(12-15)23(20(24)14-27-19)13-16-3-5-17(6-4-16)21(25)22-8-10-26-11-9-22/h2-7,12H,8-11,13-14H2,1H3. The average molecular weight is 366 g/mol. The molecule has 2 amide bonds. The third kappa shape index (κ3) is 3.66. The van der Waals surface area contributed by atoms with Crippen LogP contribution in [0.3, 0.4) is 0 Å². The molecule has 2 aliphatic rings. The Labute approximate surface area is 158 Å². The number of ether oxygens (including phenoxy) is 2. The highest BCUT2D eigenvalue weighted by Crippen LogP contribution is 2.33. The van der Waals surface area contributed by atoms with Crippen LogP contribution in [0.25, 0.3) is 0 Å². The summed E-state index contributed by atoms with van der Waals surface area (Å²) < 4.78 is 10.8. The predicted octanol–water partition coefficient (Wildman–Crippen LogP) is 2.39. The summed E-state index contributed by atoms with van der Waals surface area (Å²) >= 11 is 0. The van der Waals surface area contributed by atoms with Gasteiger partial charge in [-0.15, -0.1) is 0 Å². The number of hydrogen-bond acceptors (Lipinski definition) is 4. The molecule has 0 N–H and O–H groups in total. The van der Waals surface area contributed by atoms with Crippen LogP contribution in [0.15, 0.2) is 42.5 Å². The predicted molar refractivity (Wildman–Crippen MR) is 101 cm³/mol. The Kier molecular flexibility index (Phi) is 4.81. The van der Waals surface area contributed by atoms with Crippen molar-refractivity contribution in [1.82, 2.24) is 4.90 Å². The van der Waals surface area contributed by atoms with Gasteiger partial charge in [0.05, 0.1) is 25.4 Å². The van der Waals surface area contributed by atoms with E-state index in [9.17, 15) is 9.59 Å². The first-order valence-corrected chi connectivity index (χ1v) is 9.11. The lowest BCUT2D eigenvalue weighted by Crippen LogP contribution is -2.40. The Hall–Kier alpha value is -2.86. The van der Waals surface area contributed by atoms with Gasteiger partial charge in [0.15, 0.2) is 6.61 Å². The van der Waals surface area contributed by atoms with Crippen LogP contribution in [0, 0.1) is 6.92 Å². The molecule has 140 valence electrons. The minimum absolute atomic E-state index is 0.0215. The molecule has 0 saturated carbocycles. The third-order valence-corrected chi connectivity index (χ3v) is 4.90. The highest BCUT2D eigenvalue weighted by Gasteiger charge is 2.26. The smallest absolute Gasteiger partial charge is 0.265 e. The van der Waals surface area contributed by atoms with Crippen molar-refractivity contribution in [2.45, 2.75) is 13.5 Å². The molecule has 0 atom stereocenters. The van der Waals surface area contributed by atoms with Crippen molar-refractivity contribution in [3.8, 4) is 5.75 Å². The van der Waals surface area contributed by atoms with E-state index >= 15 is 0 Å². The number of aryl methyl sites for hydroxylation is 1. The van der Waals surface area contributed by atoms with Gasteiger partial charge >= 0.3 is 0 Å². The van der Waals surface area contributed by atoms with Gasteiger partial charge < -0.3 is 19.3 Å². The zero-order valence-electron chi connectivity index (χ0n) is 15.3. The summed E-state index contributed by atoms with van der Waals surface area (Å²) in [4.78, 5) is 28.5. The maximum atomic E-state index is 12.5. The fourth-order valence-corrected chi connectivity index (χ4v) is 3.37. The normalized spacial score (nSPS) is 16.7. The van der Waals surface area contributed by atoms with Crippen molar-refractivity contribution in [3.63, 3.8) is 0 Å². The second-order valence-corrected chi connectivity index (χ2v) is 6.84. The molecule has 2 aliphatic heterocycles. The molecular formula is C21H22N2O4. The highest BCUT2D eigenvalue weighted by atomic mass is 16.5.